The Hall–Kier alpha value is -0.570. The average molecular weight is 329 g/mol. The number of carboxylic acids is 1. The molecule has 0 aliphatic rings. The second-order valence-corrected chi connectivity index (χ2v) is 7.19. The fourth-order valence-electron chi connectivity index (χ4n) is 3.08. The molecular weight excluding hydrogens is 288 g/mol. The van der Waals surface area contributed by atoms with E-state index in [1.807, 2.05) is 0 Å². The molecule has 0 saturated carbocycles. The number of aliphatic hydroxyl groups is 1. The van der Waals surface area contributed by atoms with Gasteiger partial charge in [-0.15, -0.1) is 0 Å². The first-order valence-electron chi connectivity index (χ1n) is 9.95. The van der Waals surface area contributed by atoms with Crippen LogP contribution in [0.5, 0.6) is 0 Å². The monoisotopic (exact) mass is 328 g/mol. The first-order valence-corrected chi connectivity index (χ1v) is 9.95. The molecule has 0 aromatic heterocycles. The second-order valence-electron chi connectivity index (χ2n) is 7.19. The van der Waals surface area contributed by atoms with Crippen molar-refractivity contribution in [3.05, 3.63) is 0 Å². The van der Waals surface area contributed by atoms with Gasteiger partial charge < -0.3 is 10.2 Å². The predicted octanol–water partition coefficient (Wildman–Crippen LogP) is 5.80. The van der Waals surface area contributed by atoms with Gasteiger partial charge in [0.05, 0.1) is 5.92 Å². The number of aliphatic hydroxyl groups excluding tert-OH is 1. The van der Waals surface area contributed by atoms with Gasteiger partial charge in [-0.3, -0.25) is 4.79 Å². The quantitative estimate of drug-likeness (QED) is 0.332. The van der Waals surface area contributed by atoms with Crippen LogP contribution in [0.25, 0.3) is 0 Å². The van der Waals surface area contributed by atoms with E-state index in [-0.39, 0.29) is 5.92 Å². The highest BCUT2D eigenvalue weighted by Crippen LogP contribution is 2.19. The summed E-state index contributed by atoms with van der Waals surface area (Å²) in [7, 11) is 0. The second kappa shape index (κ2) is 16.3. The van der Waals surface area contributed by atoms with E-state index in [9.17, 15) is 9.90 Å². The molecule has 0 rings (SSSR count). The summed E-state index contributed by atoms with van der Waals surface area (Å²) < 4.78 is 0. The fraction of sp³-hybridized carbons (Fsp3) is 0.950. The van der Waals surface area contributed by atoms with Crippen LogP contribution in [-0.2, 0) is 4.79 Å². The molecule has 0 aromatic rings. The van der Waals surface area contributed by atoms with Gasteiger partial charge in [-0.05, 0) is 25.2 Å². The van der Waals surface area contributed by atoms with Gasteiger partial charge in [0.15, 0.2) is 0 Å². The lowest BCUT2D eigenvalue weighted by molar-refractivity contribution is -0.141. The lowest BCUT2D eigenvalue weighted by atomic mass is 9.94. The summed E-state index contributed by atoms with van der Waals surface area (Å²) in [5.41, 5.74) is 0. The molecule has 0 aliphatic carbocycles. The minimum Gasteiger partial charge on any atom is -0.481 e. The van der Waals surface area contributed by atoms with Crippen LogP contribution in [0.15, 0.2) is 0 Å². The Morgan fingerprint density at radius 1 is 0.783 bits per heavy atom. The van der Waals surface area contributed by atoms with Gasteiger partial charge in [0, 0.05) is 6.61 Å². The molecular formula is C20H40O3. The molecule has 0 radical (unpaired) electrons. The van der Waals surface area contributed by atoms with E-state index in [2.05, 4.69) is 6.92 Å². The van der Waals surface area contributed by atoms with Crippen molar-refractivity contribution in [2.24, 2.45) is 11.8 Å². The summed E-state index contributed by atoms with van der Waals surface area (Å²) in [6.07, 6.45) is 16.9. The van der Waals surface area contributed by atoms with Crippen LogP contribution < -0.4 is 0 Å². The summed E-state index contributed by atoms with van der Waals surface area (Å²) in [6.45, 7) is 4.36. The van der Waals surface area contributed by atoms with Crippen LogP contribution in [0, 0.1) is 11.8 Å². The normalized spacial score (nSPS) is 13.9. The summed E-state index contributed by atoms with van der Waals surface area (Å²) in [6, 6.07) is 0. The summed E-state index contributed by atoms with van der Waals surface area (Å²) in [5.74, 6) is -0.416. The summed E-state index contributed by atoms with van der Waals surface area (Å²) in [5, 5.41) is 18.3. The minimum atomic E-state index is -0.681. The third-order valence-electron chi connectivity index (χ3n) is 4.90. The molecule has 138 valence electrons. The van der Waals surface area contributed by atoms with Crippen molar-refractivity contribution in [3.63, 3.8) is 0 Å². The highest BCUT2D eigenvalue weighted by atomic mass is 16.4. The van der Waals surface area contributed by atoms with E-state index in [0.29, 0.717) is 12.5 Å². The van der Waals surface area contributed by atoms with Crippen LogP contribution in [-0.4, -0.2) is 22.8 Å². The van der Waals surface area contributed by atoms with Gasteiger partial charge in [0.1, 0.15) is 0 Å². The summed E-state index contributed by atoms with van der Waals surface area (Å²) >= 11 is 0. The van der Waals surface area contributed by atoms with Crippen molar-refractivity contribution in [1.82, 2.24) is 0 Å². The van der Waals surface area contributed by atoms with Gasteiger partial charge in [-0.25, -0.2) is 0 Å². The van der Waals surface area contributed by atoms with E-state index < -0.39 is 5.97 Å². The molecule has 0 bridgehead atoms. The standard InChI is InChI=1S/C20H40O3/c1-3-4-5-6-7-8-12-15-19(17-21)16-13-10-9-11-14-18(2)20(22)23/h18-19,21H,3-17H2,1-2H3,(H,22,23). The first-order chi connectivity index (χ1) is 11.1. The average Bonchev–Trinajstić information content (AvgIpc) is 2.54. The van der Waals surface area contributed by atoms with Crippen molar-refractivity contribution in [3.8, 4) is 0 Å². The number of unbranched alkanes of at least 4 members (excludes halogenated alkanes) is 9. The SMILES string of the molecule is CCCCCCCCCC(CO)CCCCCCC(C)C(=O)O. The Morgan fingerprint density at radius 2 is 1.22 bits per heavy atom. The van der Waals surface area contributed by atoms with E-state index in [1.54, 1.807) is 6.92 Å². The van der Waals surface area contributed by atoms with E-state index in [1.165, 1.54) is 64.2 Å². The maximum Gasteiger partial charge on any atom is 0.306 e. The largest absolute Gasteiger partial charge is 0.481 e. The third kappa shape index (κ3) is 14.7. The highest BCUT2D eigenvalue weighted by Gasteiger charge is 2.10. The Kier molecular flexibility index (Phi) is 15.9. The van der Waals surface area contributed by atoms with Crippen molar-refractivity contribution in [2.45, 2.75) is 104 Å². The third-order valence-corrected chi connectivity index (χ3v) is 4.90. The Bertz CT molecular complexity index is 266. The van der Waals surface area contributed by atoms with Gasteiger partial charge in [-0.2, -0.15) is 0 Å². The maximum atomic E-state index is 10.7. The van der Waals surface area contributed by atoms with Gasteiger partial charge >= 0.3 is 5.97 Å². The molecule has 0 saturated heterocycles. The van der Waals surface area contributed by atoms with Crippen molar-refractivity contribution < 1.29 is 15.0 Å². The lowest BCUT2D eigenvalue weighted by Gasteiger charge is -2.14. The molecule has 0 heterocycles. The number of rotatable bonds is 17. The zero-order chi connectivity index (χ0) is 17.3. The van der Waals surface area contributed by atoms with Crippen molar-refractivity contribution >= 4 is 5.97 Å². The molecule has 0 spiro atoms. The Morgan fingerprint density at radius 3 is 1.65 bits per heavy atom. The van der Waals surface area contributed by atoms with Gasteiger partial charge in [-0.1, -0.05) is 84.5 Å². The molecule has 0 amide bonds. The number of carboxylic acid groups (broad SMARTS) is 1. The van der Waals surface area contributed by atoms with Crippen LogP contribution in [0.3, 0.4) is 0 Å². The molecule has 0 aliphatic heterocycles. The highest BCUT2D eigenvalue weighted by molar-refractivity contribution is 5.69. The number of aliphatic carboxylic acids is 1. The van der Waals surface area contributed by atoms with E-state index in [4.69, 9.17) is 5.11 Å². The Labute approximate surface area is 143 Å². The first kappa shape index (κ1) is 22.4. The zero-order valence-corrected chi connectivity index (χ0v) is 15.6. The molecule has 2 atom stereocenters. The fourth-order valence-corrected chi connectivity index (χ4v) is 3.08. The van der Waals surface area contributed by atoms with Gasteiger partial charge in [0.25, 0.3) is 0 Å². The molecule has 3 heteroatoms. The lowest BCUT2D eigenvalue weighted by Crippen LogP contribution is -2.09. The van der Waals surface area contributed by atoms with Crippen molar-refractivity contribution in [1.29, 1.82) is 0 Å². The zero-order valence-electron chi connectivity index (χ0n) is 15.6. The molecule has 3 nitrogen and oxygen atoms in total. The molecule has 23 heavy (non-hydrogen) atoms. The minimum absolute atomic E-state index is 0.211. The number of hydrogen-bond donors (Lipinski definition) is 2. The number of hydrogen-bond acceptors (Lipinski definition) is 2. The topological polar surface area (TPSA) is 57.5 Å². The number of carbonyl (C=O) groups is 1. The van der Waals surface area contributed by atoms with Crippen LogP contribution >= 0.6 is 0 Å². The van der Waals surface area contributed by atoms with E-state index >= 15 is 0 Å². The molecule has 2 unspecified atom stereocenters. The molecule has 0 fully saturated rings. The summed E-state index contributed by atoms with van der Waals surface area (Å²) in [4.78, 5) is 10.7. The van der Waals surface area contributed by atoms with Crippen molar-refractivity contribution in [2.75, 3.05) is 6.61 Å². The maximum absolute atomic E-state index is 10.7. The Balaban J connectivity index is 3.43. The smallest absolute Gasteiger partial charge is 0.306 e. The molecule has 2 N–H and O–H groups in total. The van der Waals surface area contributed by atoms with E-state index in [0.717, 1.165) is 25.7 Å². The van der Waals surface area contributed by atoms with Crippen LogP contribution in [0.1, 0.15) is 104 Å². The predicted molar refractivity (Wildman–Crippen MR) is 97.7 cm³/mol. The van der Waals surface area contributed by atoms with Crippen LogP contribution in [0.4, 0.5) is 0 Å². The molecule has 0 aromatic carbocycles. The van der Waals surface area contributed by atoms with Gasteiger partial charge in [0.2, 0.25) is 0 Å². The van der Waals surface area contributed by atoms with Crippen LogP contribution in [0.2, 0.25) is 0 Å².